The molecular formula is C10H12N2O2S. The number of amides is 1. The van der Waals surface area contributed by atoms with Crippen molar-refractivity contribution in [2.24, 2.45) is 11.7 Å². The van der Waals surface area contributed by atoms with Gasteiger partial charge in [0.25, 0.3) is 5.91 Å². The fraction of sp³-hybridized carbons (Fsp3) is 0.400. The zero-order valence-electron chi connectivity index (χ0n) is 8.10. The molecule has 15 heavy (non-hydrogen) atoms. The van der Waals surface area contributed by atoms with Gasteiger partial charge in [0.05, 0.1) is 22.9 Å². The van der Waals surface area contributed by atoms with Crippen LogP contribution in [0.1, 0.15) is 23.2 Å². The SMILES string of the molecule is NC(=S)C(NC(=O)c1ccoc1)C1CC1. The van der Waals surface area contributed by atoms with Gasteiger partial charge in [0.1, 0.15) is 6.26 Å². The molecule has 2 rings (SSSR count). The van der Waals surface area contributed by atoms with E-state index in [1.807, 2.05) is 0 Å². The van der Waals surface area contributed by atoms with Crippen molar-refractivity contribution >= 4 is 23.1 Å². The van der Waals surface area contributed by atoms with Gasteiger partial charge in [0.15, 0.2) is 0 Å². The summed E-state index contributed by atoms with van der Waals surface area (Å²) in [6.07, 6.45) is 5.02. The molecule has 1 aromatic heterocycles. The van der Waals surface area contributed by atoms with Crippen molar-refractivity contribution in [1.29, 1.82) is 0 Å². The number of hydrogen-bond acceptors (Lipinski definition) is 3. The number of furan rings is 1. The zero-order valence-corrected chi connectivity index (χ0v) is 8.92. The third-order valence-corrected chi connectivity index (χ3v) is 2.72. The van der Waals surface area contributed by atoms with Crippen molar-refractivity contribution < 1.29 is 9.21 Å². The normalized spacial score (nSPS) is 17.1. The van der Waals surface area contributed by atoms with E-state index in [-0.39, 0.29) is 11.9 Å². The molecule has 1 aliphatic carbocycles. The fourth-order valence-corrected chi connectivity index (χ4v) is 1.72. The van der Waals surface area contributed by atoms with E-state index in [4.69, 9.17) is 22.4 Å². The first-order valence-electron chi connectivity index (χ1n) is 4.81. The second-order valence-electron chi connectivity index (χ2n) is 3.70. The van der Waals surface area contributed by atoms with E-state index < -0.39 is 0 Å². The summed E-state index contributed by atoms with van der Waals surface area (Å²) < 4.78 is 4.83. The maximum Gasteiger partial charge on any atom is 0.255 e. The molecule has 5 heteroatoms. The van der Waals surface area contributed by atoms with E-state index in [0.717, 1.165) is 12.8 Å². The van der Waals surface area contributed by atoms with E-state index in [2.05, 4.69) is 5.32 Å². The minimum atomic E-state index is -0.187. The van der Waals surface area contributed by atoms with Gasteiger partial charge in [-0.15, -0.1) is 0 Å². The van der Waals surface area contributed by atoms with Crippen molar-refractivity contribution in [3.8, 4) is 0 Å². The molecule has 0 aromatic carbocycles. The van der Waals surface area contributed by atoms with Gasteiger partial charge in [0.2, 0.25) is 0 Å². The van der Waals surface area contributed by atoms with Gasteiger partial charge in [-0.05, 0) is 24.8 Å². The molecular weight excluding hydrogens is 212 g/mol. The van der Waals surface area contributed by atoms with Crippen LogP contribution in [0.15, 0.2) is 23.0 Å². The molecule has 1 fully saturated rings. The Bertz CT molecular complexity index is 371. The molecule has 1 atom stereocenters. The summed E-state index contributed by atoms with van der Waals surface area (Å²) in [5, 5.41) is 2.82. The van der Waals surface area contributed by atoms with Crippen molar-refractivity contribution in [3.63, 3.8) is 0 Å². The lowest BCUT2D eigenvalue weighted by atomic mass is 10.1. The lowest BCUT2D eigenvalue weighted by Crippen LogP contribution is -2.44. The smallest absolute Gasteiger partial charge is 0.255 e. The molecule has 1 heterocycles. The highest BCUT2D eigenvalue weighted by atomic mass is 32.1. The number of carbonyl (C=O) groups excluding carboxylic acids is 1. The van der Waals surface area contributed by atoms with Gasteiger partial charge in [0, 0.05) is 0 Å². The van der Waals surface area contributed by atoms with E-state index in [1.165, 1.54) is 12.5 Å². The van der Waals surface area contributed by atoms with Gasteiger partial charge < -0.3 is 15.5 Å². The summed E-state index contributed by atoms with van der Waals surface area (Å²) in [4.78, 5) is 12.0. The molecule has 1 amide bonds. The third-order valence-electron chi connectivity index (χ3n) is 2.47. The first kappa shape index (κ1) is 10.2. The molecule has 0 saturated heterocycles. The summed E-state index contributed by atoms with van der Waals surface area (Å²) in [6, 6.07) is 1.43. The Balaban J connectivity index is 2.00. The molecule has 1 aromatic rings. The van der Waals surface area contributed by atoms with Crippen molar-refractivity contribution in [1.82, 2.24) is 5.32 Å². The molecule has 1 aliphatic rings. The molecule has 0 aliphatic heterocycles. The molecule has 1 saturated carbocycles. The molecule has 0 spiro atoms. The Morgan fingerprint density at radius 2 is 2.40 bits per heavy atom. The van der Waals surface area contributed by atoms with Crippen LogP contribution in [0, 0.1) is 5.92 Å². The highest BCUT2D eigenvalue weighted by Crippen LogP contribution is 2.32. The second kappa shape index (κ2) is 4.02. The average molecular weight is 224 g/mol. The number of nitrogens with two attached hydrogens (primary N) is 1. The highest BCUT2D eigenvalue weighted by Gasteiger charge is 2.34. The molecule has 3 N–H and O–H groups in total. The Kier molecular flexibility index (Phi) is 2.73. The third kappa shape index (κ3) is 2.36. The molecule has 0 bridgehead atoms. The topological polar surface area (TPSA) is 68.3 Å². The first-order chi connectivity index (χ1) is 7.18. The van der Waals surface area contributed by atoms with Crippen LogP contribution in [0.4, 0.5) is 0 Å². The number of carbonyl (C=O) groups is 1. The number of nitrogens with one attached hydrogen (secondary N) is 1. The van der Waals surface area contributed by atoms with Gasteiger partial charge in [-0.1, -0.05) is 12.2 Å². The van der Waals surface area contributed by atoms with Crippen molar-refractivity contribution in [2.45, 2.75) is 18.9 Å². The van der Waals surface area contributed by atoms with E-state index in [1.54, 1.807) is 6.07 Å². The van der Waals surface area contributed by atoms with E-state index in [0.29, 0.717) is 16.5 Å². The Labute approximate surface area is 92.8 Å². The minimum Gasteiger partial charge on any atom is -0.472 e. The first-order valence-corrected chi connectivity index (χ1v) is 5.21. The highest BCUT2D eigenvalue weighted by molar-refractivity contribution is 7.80. The number of rotatable bonds is 4. The van der Waals surface area contributed by atoms with Crippen LogP contribution in [0.5, 0.6) is 0 Å². The van der Waals surface area contributed by atoms with Gasteiger partial charge in [-0.2, -0.15) is 0 Å². The Morgan fingerprint density at radius 3 is 2.87 bits per heavy atom. The largest absolute Gasteiger partial charge is 0.472 e. The van der Waals surface area contributed by atoms with Crippen LogP contribution in [0.2, 0.25) is 0 Å². The molecule has 1 unspecified atom stereocenters. The zero-order chi connectivity index (χ0) is 10.8. The lowest BCUT2D eigenvalue weighted by molar-refractivity contribution is 0.0943. The maximum atomic E-state index is 11.7. The van der Waals surface area contributed by atoms with Crippen LogP contribution in [0.3, 0.4) is 0 Å². The summed E-state index contributed by atoms with van der Waals surface area (Å²) in [5.41, 5.74) is 6.07. The monoisotopic (exact) mass is 224 g/mol. The van der Waals surface area contributed by atoms with Gasteiger partial charge in [-0.3, -0.25) is 4.79 Å². The molecule has 4 nitrogen and oxygen atoms in total. The van der Waals surface area contributed by atoms with Crippen LogP contribution in [0.25, 0.3) is 0 Å². The summed E-state index contributed by atoms with van der Waals surface area (Å²) in [7, 11) is 0. The lowest BCUT2D eigenvalue weighted by Gasteiger charge is -2.15. The van der Waals surface area contributed by atoms with Crippen LogP contribution < -0.4 is 11.1 Å². The Hall–Kier alpha value is -1.36. The predicted molar refractivity (Wildman–Crippen MR) is 59.5 cm³/mol. The number of hydrogen-bond donors (Lipinski definition) is 2. The second-order valence-corrected chi connectivity index (χ2v) is 4.17. The average Bonchev–Trinajstić information content (AvgIpc) is 2.87. The van der Waals surface area contributed by atoms with Gasteiger partial charge in [-0.25, -0.2) is 0 Å². The van der Waals surface area contributed by atoms with Crippen LogP contribution >= 0.6 is 12.2 Å². The maximum absolute atomic E-state index is 11.7. The summed E-state index contributed by atoms with van der Waals surface area (Å²) in [6.45, 7) is 0. The molecule has 0 radical (unpaired) electrons. The van der Waals surface area contributed by atoms with E-state index >= 15 is 0 Å². The van der Waals surface area contributed by atoms with Gasteiger partial charge >= 0.3 is 0 Å². The summed E-state index contributed by atoms with van der Waals surface area (Å²) >= 11 is 4.92. The summed E-state index contributed by atoms with van der Waals surface area (Å²) in [5.74, 6) is 0.229. The van der Waals surface area contributed by atoms with E-state index in [9.17, 15) is 4.79 Å². The number of thiocarbonyl (C=S) groups is 1. The van der Waals surface area contributed by atoms with Crippen molar-refractivity contribution in [3.05, 3.63) is 24.2 Å². The van der Waals surface area contributed by atoms with Crippen molar-refractivity contribution in [2.75, 3.05) is 0 Å². The quantitative estimate of drug-likeness (QED) is 0.751. The Morgan fingerprint density at radius 1 is 1.67 bits per heavy atom. The standard InChI is InChI=1S/C10H12N2O2S/c11-9(15)8(6-1-2-6)12-10(13)7-3-4-14-5-7/h3-6,8H,1-2H2,(H2,11,15)(H,12,13). The van der Waals surface area contributed by atoms with Crippen LogP contribution in [-0.2, 0) is 0 Å². The fourth-order valence-electron chi connectivity index (χ4n) is 1.47. The predicted octanol–water partition coefficient (Wildman–Crippen LogP) is 1.07. The molecule has 80 valence electrons. The minimum absolute atomic E-state index is 0.178. The van der Waals surface area contributed by atoms with Crippen LogP contribution in [-0.4, -0.2) is 16.9 Å².